The van der Waals surface area contributed by atoms with Crippen molar-refractivity contribution in [2.45, 2.75) is 32.7 Å². The fraction of sp³-hybridized carbons (Fsp3) is 0.263. The molecule has 1 N–H and O–H groups in total. The molecule has 0 radical (unpaired) electrons. The van der Waals surface area contributed by atoms with E-state index in [0.29, 0.717) is 6.04 Å². The highest BCUT2D eigenvalue weighted by Crippen LogP contribution is 2.31. The van der Waals surface area contributed by atoms with Crippen LogP contribution in [-0.2, 0) is 0 Å². The van der Waals surface area contributed by atoms with Gasteiger partial charge < -0.3 is 5.32 Å². The van der Waals surface area contributed by atoms with Gasteiger partial charge in [0.15, 0.2) is 0 Å². The molecule has 0 unspecified atom stereocenters. The lowest BCUT2D eigenvalue weighted by Gasteiger charge is -2.11. The van der Waals surface area contributed by atoms with Crippen molar-refractivity contribution in [2.24, 2.45) is 0 Å². The highest BCUT2D eigenvalue weighted by atomic mass is 15.1. The first kappa shape index (κ1) is 13.3. The van der Waals surface area contributed by atoms with E-state index in [1.807, 2.05) is 0 Å². The number of nitrogens with zero attached hydrogens (tertiary/aromatic N) is 2. The van der Waals surface area contributed by atoms with Crippen LogP contribution in [-0.4, -0.2) is 16.0 Å². The van der Waals surface area contributed by atoms with E-state index in [1.54, 1.807) is 6.33 Å². The topological polar surface area (TPSA) is 37.8 Å². The Hall–Kier alpha value is -2.42. The summed E-state index contributed by atoms with van der Waals surface area (Å²) in [5.41, 5.74) is 6.07. The summed E-state index contributed by atoms with van der Waals surface area (Å²) >= 11 is 0. The second-order valence-corrected chi connectivity index (χ2v) is 6.19. The summed E-state index contributed by atoms with van der Waals surface area (Å²) in [5.74, 6) is 0.958. The standard InChI is InChI=1S/C19H19N3/c1-12-3-4-13(2)16(9-12)14-5-8-18-17(10-14)19(21-11-20-18)22-15-6-7-15/h3-5,8-11,15H,6-7H2,1-2H3,(H,20,21,22). The maximum atomic E-state index is 4.44. The quantitative estimate of drug-likeness (QED) is 0.772. The van der Waals surface area contributed by atoms with E-state index in [4.69, 9.17) is 0 Å². The summed E-state index contributed by atoms with van der Waals surface area (Å²) in [6.07, 6.45) is 4.12. The van der Waals surface area contributed by atoms with Gasteiger partial charge in [0.1, 0.15) is 12.1 Å². The number of hydrogen-bond donors (Lipinski definition) is 1. The number of rotatable bonds is 3. The molecular weight excluding hydrogens is 270 g/mol. The van der Waals surface area contributed by atoms with Crippen molar-refractivity contribution in [3.05, 3.63) is 53.9 Å². The molecule has 3 heteroatoms. The average Bonchev–Trinajstić information content (AvgIpc) is 3.34. The van der Waals surface area contributed by atoms with Gasteiger partial charge in [-0.1, -0.05) is 29.8 Å². The number of nitrogens with one attached hydrogen (secondary N) is 1. The first-order valence-corrected chi connectivity index (χ1v) is 7.79. The number of aromatic nitrogens is 2. The van der Waals surface area contributed by atoms with E-state index < -0.39 is 0 Å². The van der Waals surface area contributed by atoms with E-state index in [0.717, 1.165) is 16.7 Å². The molecular formula is C19H19N3. The van der Waals surface area contributed by atoms with Gasteiger partial charge in [-0.25, -0.2) is 9.97 Å². The zero-order valence-corrected chi connectivity index (χ0v) is 12.9. The SMILES string of the molecule is Cc1ccc(C)c(-c2ccc3ncnc(NC4CC4)c3c2)c1. The van der Waals surface area contributed by atoms with Crippen molar-refractivity contribution < 1.29 is 0 Å². The largest absolute Gasteiger partial charge is 0.367 e. The van der Waals surface area contributed by atoms with E-state index in [9.17, 15) is 0 Å². The molecule has 0 spiro atoms. The molecule has 3 aromatic rings. The number of hydrogen-bond acceptors (Lipinski definition) is 3. The first-order valence-electron chi connectivity index (χ1n) is 7.79. The highest BCUT2D eigenvalue weighted by molar-refractivity contribution is 5.93. The van der Waals surface area contributed by atoms with Crippen molar-refractivity contribution in [2.75, 3.05) is 5.32 Å². The zero-order chi connectivity index (χ0) is 15.1. The maximum Gasteiger partial charge on any atom is 0.137 e. The molecule has 0 atom stereocenters. The number of fused-ring (bicyclic) bond motifs is 1. The van der Waals surface area contributed by atoms with Crippen LogP contribution in [0.1, 0.15) is 24.0 Å². The Balaban J connectivity index is 1.86. The summed E-state index contributed by atoms with van der Waals surface area (Å²) in [6, 6.07) is 13.6. The molecule has 4 rings (SSSR count). The van der Waals surface area contributed by atoms with E-state index in [1.165, 1.54) is 35.1 Å². The number of aryl methyl sites for hydroxylation is 2. The molecule has 3 nitrogen and oxygen atoms in total. The minimum Gasteiger partial charge on any atom is -0.367 e. The van der Waals surface area contributed by atoms with Gasteiger partial charge in [-0.2, -0.15) is 0 Å². The Kier molecular flexibility index (Phi) is 3.07. The Bertz CT molecular complexity index is 850. The Morgan fingerprint density at radius 3 is 2.68 bits per heavy atom. The lowest BCUT2D eigenvalue weighted by atomic mass is 9.97. The van der Waals surface area contributed by atoms with Gasteiger partial charge in [-0.3, -0.25) is 0 Å². The summed E-state index contributed by atoms with van der Waals surface area (Å²) in [7, 11) is 0. The fourth-order valence-electron chi connectivity index (χ4n) is 2.81. The van der Waals surface area contributed by atoms with Gasteiger partial charge >= 0.3 is 0 Å². The van der Waals surface area contributed by atoms with Crippen LogP contribution in [0.2, 0.25) is 0 Å². The second kappa shape index (κ2) is 5.09. The normalized spacial score (nSPS) is 14.3. The molecule has 1 aliphatic rings. The van der Waals surface area contributed by atoms with Crippen molar-refractivity contribution >= 4 is 16.7 Å². The number of benzene rings is 2. The fourth-order valence-corrected chi connectivity index (χ4v) is 2.81. The predicted octanol–water partition coefficient (Wildman–Crippen LogP) is 4.49. The van der Waals surface area contributed by atoms with Gasteiger partial charge in [0.25, 0.3) is 0 Å². The van der Waals surface area contributed by atoms with E-state index in [2.05, 4.69) is 65.5 Å². The minimum atomic E-state index is 0.586. The molecule has 0 saturated heterocycles. The summed E-state index contributed by atoms with van der Waals surface area (Å²) in [6.45, 7) is 4.29. The third kappa shape index (κ3) is 2.43. The smallest absolute Gasteiger partial charge is 0.137 e. The van der Waals surface area contributed by atoms with Crippen LogP contribution in [0.3, 0.4) is 0 Å². The van der Waals surface area contributed by atoms with Crippen LogP contribution in [0.5, 0.6) is 0 Å². The van der Waals surface area contributed by atoms with Gasteiger partial charge in [-0.15, -0.1) is 0 Å². The molecule has 22 heavy (non-hydrogen) atoms. The van der Waals surface area contributed by atoms with Crippen LogP contribution < -0.4 is 5.32 Å². The van der Waals surface area contributed by atoms with Gasteiger partial charge in [-0.05, 0) is 55.5 Å². The Morgan fingerprint density at radius 1 is 1.00 bits per heavy atom. The molecule has 110 valence electrons. The molecule has 2 aromatic carbocycles. The van der Waals surface area contributed by atoms with Gasteiger partial charge in [0.05, 0.1) is 5.52 Å². The van der Waals surface area contributed by atoms with E-state index in [-0.39, 0.29) is 0 Å². The summed E-state index contributed by atoms with van der Waals surface area (Å²) < 4.78 is 0. The van der Waals surface area contributed by atoms with Crippen LogP contribution >= 0.6 is 0 Å². The lowest BCUT2D eigenvalue weighted by Crippen LogP contribution is -2.04. The van der Waals surface area contributed by atoms with Crippen LogP contribution in [0.15, 0.2) is 42.7 Å². The van der Waals surface area contributed by atoms with Crippen LogP contribution in [0.4, 0.5) is 5.82 Å². The highest BCUT2D eigenvalue weighted by Gasteiger charge is 2.22. The Labute approximate surface area is 130 Å². The summed E-state index contributed by atoms with van der Waals surface area (Å²) in [5, 5.41) is 4.62. The lowest BCUT2D eigenvalue weighted by molar-refractivity contribution is 1.10. The molecule has 0 amide bonds. The molecule has 0 aliphatic heterocycles. The Morgan fingerprint density at radius 2 is 1.86 bits per heavy atom. The number of anilines is 1. The molecule has 0 bridgehead atoms. The summed E-state index contributed by atoms with van der Waals surface area (Å²) in [4.78, 5) is 8.83. The maximum absolute atomic E-state index is 4.44. The molecule has 1 aromatic heterocycles. The van der Waals surface area contributed by atoms with Crippen molar-refractivity contribution in [3.8, 4) is 11.1 Å². The monoisotopic (exact) mass is 289 g/mol. The predicted molar refractivity (Wildman–Crippen MR) is 91.1 cm³/mol. The molecule has 1 heterocycles. The van der Waals surface area contributed by atoms with Crippen molar-refractivity contribution in [3.63, 3.8) is 0 Å². The van der Waals surface area contributed by atoms with Crippen molar-refractivity contribution in [1.29, 1.82) is 0 Å². The van der Waals surface area contributed by atoms with Crippen LogP contribution in [0.25, 0.3) is 22.0 Å². The second-order valence-electron chi connectivity index (χ2n) is 6.19. The average molecular weight is 289 g/mol. The molecule has 1 aliphatic carbocycles. The first-order chi connectivity index (χ1) is 10.7. The van der Waals surface area contributed by atoms with Gasteiger partial charge in [0.2, 0.25) is 0 Å². The molecule has 1 fully saturated rings. The van der Waals surface area contributed by atoms with Crippen LogP contribution in [0, 0.1) is 13.8 Å². The minimum absolute atomic E-state index is 0.586. The third-order valence-electron chi connectivity index (χ3n) is 4.26. The van der Waals surface area contributed by atoms with Crippen molar-refractivity contribution in [1.82, 2.24) is 9.97 Å². The molecule has 1 saturated carbocycles. The van der Waals surface area contributed by atoms with E-state index >= 15 is 0 Å². The van der Waals surface area contributed by atoms with Gasteiger partial charge in [0, 0.05) is 11.4 Å². The zero-order valence-electron chi connectivity index (χ0n) is 12.9. The third-order valence-corrected chi connectivity index (χ3v) is 4.26.